The molecule has 0 radical (unpaired) electrons. The summed E-state index contributed by atoms with van der Waals surface area (Å²) in [5.41, 5.74) is 0. The van der Waals surface area contributed by atoms with Crippen LogP contribution in [0.5, 0.6) is 0 Å². The number of nitrogens with one attached hydrogen (secondary N) is 1. The first-order chi connectivity index (χ1) is 9.59. The molecule has 3 unspecified atom stereocenters. The standard InChI is InChI=1S/C16H27NO3/c1-11(12-7-3-2-4-8-12)17-15(18)13-9-5-6-10-14(13)16(19)20/h11-14H,2-10H2,1H3,(H,17,18)(H,19,20). The smallest absolute Gasteiger partial charge is 0.307 e. The van der Waals surface area contributed by atoms with Gasteiger partial charge in [0.25, 0.3) is 0 Å². The van der Waals surface area contributed by atoms with Crippen molar-refractivity contribution in [3.05, 3.63) is 0 Å². The van der Waals surface area contributed by atoms with Crippen molar-refractivity contribution in [2.45, 2.75) is 70.8 Å². The molecule has 4 heteroatoms. The fraction of sp³-hybridized carbons (Fsp3) is 0.875. The number of hydrogen-bond acceptors (Lipinski definition) is 2. The van der Waals surface area contributed by atoms with Crippen molar-refractivity contribution in [1.82, 2.24) is 5.32 Å². The minimum absolute atomic E-state index is 0.0322. The zero-order valence-electron chi connectivity index (χ0n) is 12.4. The van der Waals surface area contributed by atoms with Gasteiger partial charge in [-0.1, -0.05) is 32.1 Å². The number of amides is 1. The van der Waals surface area contributed by atoms with E-state index in [0.717, 1.165) is 19.3 Å². The Bertz CT molecular complexity index is 350. The highest BCUT2D eigenvalue weighted by Crippen LogP contribution is 2.31. The van der Waals surface area contributed by atoms with Crippen molar-refractivity contribution in [2.75, 3.05) is 0 Å². The lowest BCUT2D eigenvalue weighted by molar-refractivity contribution is -0.149. The highest BCUT2D eigenvalue weighted by atomic mass is 16.4. The minimum atomic E-state index is -0.810. The van der Waals surface area contributed by atoms with Gasteiger partial charge in [0.05, 0.1) is 11.8 Å². The van der Waals surface area contributed by atoms with Crippen LogP contribution in [0.15, 0.2) is 0 Å². The average molecular weight is 281 g/mol. The molecule has 4 nitrogen and oxygen atoms in total. The van der Waals surface area contributed by atoms with Crippen LogP contribution < -0.4 is 5.32 Å². The van der Waals surface area contributed by atoms with E-state index in [2.05, 4.69) is 12.2 Å². The lowest BCUT2D eigenvalue weighted by atomic mass is 9.78. The number of rotatable bonds is 4. The SMILES string of the molecule is CC(NC(=O)C1CCCCC1C(=O)O)C1CCCCC1. The fourth-order valence-corrected chi connectivity index (χ4v) is 3.82. The van der Waals surface area contributed by atoms with Gasteiger partial charge in [-0.05, 0) is 38.5 Å². The maximum Gasteiger partial charge on any atom is 0.307 e. The van der Waals surface area contributed by atoms with Crippen molar-refractivity contribution < 1.29 is 14.7 Å². The number of carbonyl (C=O) groups is 2. The molecule has 0 bridgehead atoms. The molecular formula is C16H27NO3. The summed E-state index contributed by atoms with van der Waals surface area (Å²) in [4.78, 5) is 23.7. The lowest BCUT2D eigenvalue weighted by Crippen LogP contribution is -2.45. The van der Waals surface area contributed by atoms with Crippen LogP contribution in [0.3, 0.4) is 0 Å². The molecule has 0 aliphatic heterocycles. The molecule has 114 valence electrons. The number of aliphatic carboxylic acids is 1. The number of carbonyl (C=O) groups excluding carboxylic acids is 1. The molecule has 1 amide bonds. The monoisotopic (exact) mass is 281 g/mol. The molecule has 2 rings (SSSR count). The number of carboxylic acid groups (broad SMARTS) is 1. The third-order valence-corrected chi connectivity index (χ3v) is 5.15. The van der Waals surface area contributed by atoms with Gasteiger partial charge in [0.1, 0.15) is 0 Å². The van der Waals surface area contributed by atoms with Gasteiger partial charge in [-0.25, -0.2) is 0 Å². The van der Waals surface area contributed by atoms with Crippen LogP contribution in [-0.4, -0.2) is 23.0 Å². The van der Waals surface area contributed by atoms with Crippen molar-refractivity contribution in [3.8, 4) is 0 Å². The summed E-state index contributed by atoms with van der Waals surface area (Å²) in [5, 5.41) is 12.4. The molecule has 0 saturated heterocycles. The predicted molar refractivity (Wildman–Crippen MR) is 77.3 cm³/mol. The average Bonchev–Trinajstić information content (AvgIpc) is 2.48. The zero-order valence-corrected chi connectivity index (χ0v) is 12.4. The molecule has 2 aliphatic rings. The maximum absolute atomic E-state index is 12.4. The van der Waals surface area contributed by atoms with Crippen LogP contribution in [0.4, 0.5) is 0 Å². The second-order valence-corrected chi connectivity index (χ2v) is 6.53. The molecule has 20 heavy (non-hydrogen) atoms. The third kappa shape index (κ3) is 3.74. The van der Waals surface area contributed by atoms with Crippen LogP contribution in [0.2, 0.25) is 0 Å². The van der Waals surface area contributed by atoms with Gasteiger partial charge in [0, 0.05) is 6.04 Å². The molecule has 2 fully saturated rings. The van der Waals surface area contributed by atoms with Crippen molar-refractivity contribution in [1.29, 1.82) is 0 Å². The largest absolute Gasteiger partial charge is 0.481 e. The van der Waals surface area contributed by atoms with Crippen LogP contribution in [0, 0.1) is 17.8 Å². The van der Waals surface area contributed by atoms with Gasteiger partial charge in [-0.15, -0.1) is 0 Å². The van der Waals surface area contributed by atoms with E-state index in [4.69, 9.17) is 0 Å². The van der Waals surface area contributed by atoms with Crippen LogP contribution >= 0.6 is 0 Å². The summed E-state index contributed by atoms with van der Waals surface area (Å²) >= 11 is 0. The van der Waals surface area contributed by atoms with Gasteiger partial charge < -0.3 is 10.4 Å². The second kappa shape index (κ2) is 7.09. The molecular weight excluding hydrogens is 254 g/mol. The topological polar surface area (TPSA) is 66.4 Å². The van der Waals surface area contributed by atoms with Crippen LogP contribution in [0.1, 0.15) is 64.7 Å². The summed E-state index contributed by atoms with van der Waals surface area (Å²) in [6, 6.07) is 0.180. The first-order valence-corrected chi connectivity index (χ1v) is 8.12. The summed E-state index contributed by atoms with van der Waals surface area (Å²) in [5.74, 6) is -1.08. The Hall–Kier alpha value is -1.06. The van der Waals surface area contributed by atoms with Crippen molar-refractivity contribution in [2.24, 2.45) is 17.8 Å². The summed E-state index contributed by atoms with van der Waals surface area (Å²) in [7, 11) is 0. The molecule has 3 atom stereocenters. The normalized spacial score (nSPS) is 29.6. The van der Waals surface area contributed by atoms with Crippen LogP contribution in [0.25, 0.3) is 0 Å². The Morgan fingerprint density at radius 3 is 2.10 bits per heavy atom. The van der Waals surface area contributed by atoms with E-state index in [0.29, 0.717) is 12.3 Å². The minimum Gasteiger partial charge on any atom is -0.481 e. The fourth-order valence-electron chi connectivity index (χ4n) is 3.82. The Balaban J connectivity index is 1.90. The van der Waals surface area contributed by atoms with E-state index in [-0.39, 0.29) is 17.9 Å². The molecule has 0 aromatic carbocycles. The van der Waals surface area contributed by atoms with Crippen molar-refractivity contribution in [3.63, 3.8) is 0 Å². The molecule has 2 aliphatic carbocycles. The van der Waals surface area contributed by atoms with E-state index < -0.39 is 11.9 Å². The lowest BCUT2D eigenvalue weighted by Gasteiger charge is -2.32. The molecule has 2 N–H and O–H groups in total. The van der Waals surface area contributed by atoms with Gasteiger partial charge in [0.2, 0.25) is 5.91 Å². The van der Waals surface area contributed by atoms with Gasteiger partial charge in [0.15, 0.2) is 0 Å². The molecule has 0 aromatic heterocycles. The maximum atomic E-state index is 12.4. The van der Waals surface area contributed by atoms with E-state index in [9.17, 15) is 14.7 Å². The molecule has 0 aromatic rings. The number of hydrogen-bond donors (Lipinski definition) is 2. The van der Waals surface area contributed by atoms with E-state index in [1.54, 1.807) is 0 Å². The zero-order chi connectivity index (χ0) is 14.5. The Morgan fingerprint density at radius 2 is 1.50 bits per heavy atom. The highest BCUT2D eigenvalue weighted by Gasteiger charge is 2.36. The first kappa shape index (κ1) is 15.3. The van der Waals surface area contributed by atoms with Crippen LogP contribution in [-0.2, 0) is 9.59 Å². The number of carboxylic acids is 1. The Labute approximate surface area is 121 Å². The summed E-state index contributed by atoms with van der Waals surface area (Å²) < 4.78 is 0. The van der Waals surface area contributed by atoms with Crippen molar-refractivity contribution >= 4 is 11.9 Å². The van der Waals surface area contributed by atoms with E-state index in [1.807, 2.05) is 0 Å². The Morgan fingerprint density at radius 1 is 0.950 bits per heavy atom. The molecule has 0 spiro atoms. The first-order valence-electron chi connectivity index (χ1n) is 8.12. The summed E-state index contributed by atoms with van der Waals surface area (Å²) in [6.07, 6.45) is 9.46. The highest BCUT2D eigenvalue weighted by molar-refractivity contribution is 5.85. The second-order valence-electron chi connectivity index (χ2n) is 6.53. The van der Waals surface area contributed by atoms with Gasteiger partial charge >= 0.3 is 5.97 Å². The Kier molecular flexibility index (Phi) is 5.44. The quantitative estimate of drug-likeness (QED) is 0.832. The van der Waals surface area contributed by atoms with Gasteiger partial charge in [-0.3, -0.25) is 9.59 Å². The molecule has 0 heterocycles. The van der Waals surface area contributed by atoms with E-state index >= 15 is 0 Å². The summed E-state index contributed by atoms with van der Waals surface area (Å²) in [6.45, 7) is 2.08. The van der Waals surface area contributed by atoms with E-state index in [1.165, 1.54) is 32.1 Å². The molecule has 2 saturated carbocycles. The van der Waals surface area contributed by atoms with Gasteiger partial charge in [-0.2, -0.15) is 0 Å². The predicted octanol–water partition coefficient (Wildman–Crippen LogP) is 2.96. The third-order valence-electron chi connectivity index (χ3n) is 5.15.